The van der Waals surface area contributed by atoms with Crippen LogP contribution in [-0.4, -0.2) is 38.5 Å². The highest BCUT2D eigenvalue weighted by molar-refractivity contribution is 9.09. The first kappa shape index (κ1) is 13.5. The summed E-state index contributed by atoms with van der Waals surface area (Å²) in [6.45, 7) is 3.21. The van der Waals surface area contributed by atoms with Crippen molar-refractivity contribution in [2.75, 3.05) is 30.0 Å². The molecule has 1 fully saturated rings. The van der Waals surface area contributed by atoms with Gasteiger partial charge in [-0.1, -0.05) is 22.9 Å². The number of ether oxygens (including phenoxy) is 1. The monoisotopic (exact) mass is 298 g/mol. The van der Waals surface area contributed by atoms with Gasteiger partial charge in [0.15, 0.2) is 0 Å². The van der Waals surface area contributed by atoms with E-state index in [0.29, 0.717) is 18.8 Å². The summed E-state index contributed by atoms with van der Waals surface area (Å²) >= 11 is 3.48. The molecule has 0 N–H and O–H groups in total. The second-order valence-electron chi connectivity index (χ2n) is 4.28. The lowest BCUT2D eigenvalue weighted by Crippen LogP contribution is -2.35. The van der Waals surface area contributed by atoms with Gasteiger partial charge in [0.05, 0.1) is 12.4 Å². The van der Waals surface area contributed by atoms with Crippen molar-refractivity contribution in [3.05, 3.63) is 0 Å². The van der Waals surface area contributed by atoms with E-state index in [1.165, 1.54) is 0 Å². The lowest BCUT2D eigenvalue weighted by Gasteiger charge is -2.35. The largest absolute Gasteiger partial charge is 0.381 e. The van der Waals surface area contributed by atoms with E-state index in [-0.39, 0.29) is 11.2 Å². The Balaban J connectivity index is 2.53. The fraction of sp³-hybridized carbons (Fsp3) is 1.00. The second kappa shape index (κ2) is 5.64. The molecule has 90 valence electrons. The minimum Gasteiger partial charge on any atom is -0.381 e. The molecule has 15 heavy (non-hydrogen) atoms. The van der Waals surface area contributed by atoms with Crippen LogP contribution in [0, 0.1) is 5.41 Å². The highest BCUT2D eigenvalue weighted by atomic mass is 79.9. The number of rotatable bonds is 5. The zero-order valence-electron chi connectivity index (χ0n) is 9.17. The van der Waals surface area contributed by atoms with Crippen LogP contribution in [0.3, 0.4) is 0 Å². The van der Waals surface area contributed by atoms with Gasteiger partial charge < -0.3 is 4.74 Å². The van der Waals surface area contributed by atoms with E-state index in [1.807, 2.05) is 0 Å². The summed E-state index contributed by atoms with van der Waals surface area (Å²) in [5, 5.41) is 0.833. The van der Waals surface area contributed by atoms with E-state index in [9.17, 15) is 8.42 Å². The minimum absolute atomic E-state index is 0.0422. The highest BCUT2D eigenvalue weighted by Gasteiger charge is 2.32. The maximum absolute atomic E-state index is 11.4. The molecule has 1 aliphatic heterocycles. The van der Waals surface area contributed by atoms with Crippen LogP contribution in [0.25, 0.3) is 0 Å². The molecule has 3 nitrogen and oxygen atoms in total. The third kappa shape index (κ3) is 4.04. The molecular formula is C10H19BrO3S. The van der Waals surface area contributed by atoms with Crippen LogP contribution in [-0.2, 0) is 14.6 Å². The molecule has 1 atom stereocenters. The van der Waals surface area contributed by atoms with Crippen LogP contribution in [0.2, 0.25) is 0 Å². The third-order valence-electron chi connectivity index (χ3n) is 3.07. The first-order valence-electron chi connectivity index (χ1n) is 5.38. The predicted octanol–water partition coefficient (Wildman–Crippen LogP) is 2.00. The van der Waals surface area contributed by atoms with Crippen LogP contribution in [0.1, 0.15) is 26.2 Å². The summed E-state index contributed by atoms with van der Waals surface area (Å²) in [7, 11) is -2.84. The predicted molar refractivity (Wildman–Crippen MR) is 65.2 cm³/mol. The van der Waals surface area contributed by atoms with Crippen molar-refractivity contribution in [3.8, 4) is 0 Å². The molecule has 1 saturated heterocycles. The molecule has 0 aliphatic carbocycles. The molecule has 0 radical (unpaired) electrons. The van der Waals surface area contributed by atoms with Gasteiger partial charge in [-0.05, 0) is 19.3 Å². The van der Waals surface area contributed by atoms with Crippen LogP contribution in [0.15, 0.2) is 0 Å². The van der Waals surface area contributed by atoms with Gasteiger partial charge in [-0.3, -0.25) is 0 Å². The van der Waals surface area contributed by atoms with Crippen molar-refractivity contribution < 1.29 is 13.2 Å². The normalized spacial score (nSPS) is 27.9. The number of halogens is 1. The van der Waals surface area contributed by atoms with Gasteiger partial charge in [0.25, 0.3) is 0 Å². The number of hydrogen-bond acceptors (Lipinski definition) is 3. The Morgan fingerprint density at radius 1 is 1.47 bits per heavy atom. The maximum atomic E-state index is 11.4. The summed E-state index contributed by atoms with van der Waals surface area (Å²) in [4.78, 5) is 0. The van der Waals surface area contributed by atoms with Gasteiger partial charge in [0.2, 0.25) is 0 Å². The SMILES string of the molecule is CCS(=O)(=O)CCC1(CBr)CCCOC1. The lowest BCUT2D eigenvalue weighted by molar-refractivity contribution is 0.00445. The van der Waals surface area contributed by atoms with Crippen molar-refractivity contribution in [1.29, 1.82) is 0 Å². The smallest absolute Gasteiger partial charge is 0.150 e. The average Bonchev–Trinajstić information content (AvgIpc) is 2.28. The first-order chi connectivity index (χ1) is 7.04. The van der Waals surface area contributed by atoms with Gasteiger partial charge in [-0.2, -0.15) is 0 Å². The van der Waals surface area contributed by atoms with Gasteiger partial charge in [-0.15, -0.1) is 0 Å². The van der Waals surface area contributed by atoms with E-state index in [4.69, 9.17) is 4.74 Å². The molecule has 0 amide bonds. The Bertz CT molecular complexity index is 281. The molecule has 1 aliphatic rings. The Morgan fingerprint density at radius 3 is 2.67 bits per heavy atom. The topological polar surface area (TPSA) is 43.4 Å². The molecule has 0 saturated carbocycles. The average molecular weight is 299 g/mol. The van der Waals surface area contributed by atoms with Crippen LogP contribution >= 0.6 is 15.9 Å². The van der Waals surface area contributed by atoms with Gasteiger partial charge in [0, 0.05) is 23.1 Å². The van der Waals surface area contributed by atoms with E-state index >= 15 is 0 Å². The molecule has 0 spiro atoms. The van der Waals surface area contributed by atoms with Crippen LogP contribution < -0.4 is 0 Å². The summed E-state index contributed by atoms with van der Waals surface area (Å²) < 4.78 is 28.3. The second-order valence-corrected chi connectivity index (χ2v) is 7.31. The molecule has 0 aromatic heterocycles. The van der Waals surface area contributed by atoms with Crippen molar-refractivity contribution in [1.82, 2.24) is 0 Å². The van der Waals surface area contributed by atoms with Gasteiger partial charge >= 0.3 is 0 Å². The standard InChI is InChI=1S/C10H19BrO3S/c1-2-15(12,13)7-5-10(8-11)4-3-6-14-9-10/h2-9H2,1H3. The number of alkyl halides is 1. The Hall–Kier alpha value is 0.390. The van der Waals surface area contributed by atoms with E-state index in [1.54, 1.807) is 6.92 Å². The maximum Gasteiger partial charge on any atom is 0.150 e. The summed E-state index contributed by atoms with van der Waals surface area (Å²) in [6.07, 6.45) is 2.82. The number of sulfone groups is 1. The van der Waals surface area contributed by atoms with Gasteiger partial charge in [-0.25, -0.2) is 8.42 Å². The molecule has 1 unspecified atom stereocenters. The van der Waals surface area contributed by atoms with Crippen molar-refractivity contribution in [3.63, 3.8) is 0 Å². The van der Waals surface area contributed by atoms with Crippen LogP contribution in [0.4, 0.5) is 0 Å². The first-order valence-corrected chi connectivity index (χ1v) is 8.32. The summed E-state index contributed by atoms with van der Waals surface area (Å²) in [5.74, 6) is 0.532. The van der Waals surface area contributed by atoms with E-state index in [0.717, 1.165) is 24.8 Å². The molecule has 0 bridgehead atoms. The fourth-order valence-corrected chi connectivity index (χ4v) is 3.55. The van der Waals surface area contributed by atoms with E-state index in [2.05, 4.69) is 15.9 Å². The summed E-state index contributed by atoms with van der Waals surface area (Å²) in [5.41, 5.74) is 0.0422. The van der Waals surface area contributed by atoms with Crippen molar-refractivity contribution in [2.24, 2.45) is 5.41 Å². The van der Waals surface area contributed by atoms with Gasteiger partial charge in [0.1, 0.15) is 9.84 Å². The Kier molecular flexibility index (Phi) is 5.06. The molecule has 1 heterocycles. The van der Waals surface area contributed by atoms with E-state index < -0.39 is 9.84 Å². The molecule has 0 aromatic carbocycles. The van der Waals surface area contributed by atoms with Crippen molar-refractivity contribution in [2.45, 2.75) is 26.2 Å². The lowest BCUT2D eigenvalue weighted by atomic mass is 9.82. The Labute approximate surface area is 101 Å². The zero-order chi connectivity index (χ0) is 11.4. The third-order valence-corrected chi connectivity index (χ3v) is 5.97. The molecule has 1 rings (SSSR count). The summed E-state index contributed by atoms with van der Waals surface area (Å²) in [6, 6.07) is 0. The Morgan fingerprint density at radius 2 is 2.20 bits per heavy atom. The molecular weight excluding hydrogens is 280 g/mol. The zero-order valence-corrected chi connectivity index (χ0v) is 11.6. The van der Waals surface area contributed by atoms with Crippen molar-refractivity contribution >= 4 is 25.8 Å². The fourth-order valence-electron chi connectivity index (χ4n) is 1.80. The highest BCUT2D eigenvalue weighted by Crippen LogP contribution is 2.34. The number of hydrogen-bond donors (Lipinski definition) is 0. The molecule has 5 heteroatoms. The minimum atomic E-state index is -2.84. The quantitative estimate of drug-likeness (QED) is 0.729. The van der Waals surface area contributed by atoms with Crippen LogP contribution in [0.5, 0.6) is 0 Å². The molecule has 0 aromatic rings.